The van der Waals surface area contributed by atoms with Gasteiger partial charge in [0, 0.05) is 53.1 Å². The molecule has 2 aromatic heterocycles. The third-order valence-electron chi connectivity index (χ3n) is 6.43. The first-order valence-corrected chi connectivity index (χ1v) is 11.8. The van der Waals surface area contributed by atoms with Crippen molar-refractivity contribution in [2.45, 2.75) is 32.2 Å². The van der Waals surface area contributed by atoms with Crippen LogP contribution in [0.1, 0.15) is 25.3 Å². The molecule has 0 bridgehead atoms. The molecule has 0 saturated carbocycles. The van der Waals surface area contributed by atoms with Crippen molar-refractivity contribution in [1.82, 2.24) is 18.7 Å². The van der Waals surface area contributed by atoms with Gasteiger partial charge in [-0.25, -0.2) is 4.79 Å². The van der Waals surface area contributed by atoms with Gasteiger partial charge in [0.1, 0.15) is 5.75 Å². The number of aliphatic hydroxyl groups excluding tert-OH is 1. The van der Waals surface area contributed by atoms with Gasteiger partial charge < -0.3 is 37.0 Å². The molecule has 0 radical (unpaired) electrons. The molecule has 0 aliphatic carbocycles. The molecule has 1 aromatic carbocycles. The highest BCUT2D eigenvalue weighted by Gasteiger charge is 2.24. The van der Waals surface area contributed by atoms with E-state index in [1.165, 1.54) is 17.2 Å². The summed E-state index contributed by atoms with van der Waals surface area (Å²) in [6, 6.07) is 8.61. The van der Waals surface area contributed by atoms with Crippen molar-refractivity contribution in [2.24, 2.45) is 21.1 Å². The fraction of sp³-hybridized carbons (Fsp3) is 0.542. The zero-order chi connectivity index (χ0) is 24.8. The summed E-state index contributed by atoms with van der Waals surface area (Å²) in [6.07, 6.45) is 3.13. The maximum absolute atomic E-state index is 12.5. The molecule has 1 aliphatic heterocycles. The van der Waals surface area contributed by atoms with Crippen molar-refractivity contribution >= 4 is 17.1 Å². The number of aryl methyl sites for hydroxylation is 2. The molecule has 35 heavy (non-hydrogen) atoms. The number of hydrogen-bond donors (Lipinski definition) is 3. The van der Waals surface area contributed by atoms with E-state index < -0.39 is 0 Å². The van der Waals surface area contributed by atoms with Gasteiger partial charge in [-0.15, -0.1) is 0 Å². The van der Waals surface area contributed by atoms with E-state index in [0.717, 1.165) is 49.2 Å². The third kappa shape index (κ3) is 6.45. The molecular weight excluding hydrogens is 472 g/mol. The average molecular weight is 509 g/mol. The van der Waals surface area contributed by atoms with E-state index in [9.17, 15) is 9.59 Å². The zero-order valence-electron chi connectivity index (χ0n) is 21.2. The molecule has 194 valence electrons. The van der Waals surface area contributed by atoms with Crippen LogP contribution in [0.5, 0.6) is 5.75 Å². The second kappa shape index (κ2) is 12.8. The first kappa shape index (κ1) is 28.4. The van der Waals surface area contributed by atoms with E-state index in [0.29, 0.717) is 23.2 Å². The number of anilines is 1. The Morgan fingerprint density at radius 2 is 1.69 bits per heavy atom. The van der Waals surface area contributed by atoms with E-state index in [2.05, 4.69) is 22.4 Å². The molecule has 0 atom stereocenters. The first-order chi connectivity index (χ1) is 16.3. The smallest absolute Gasteiger partial charge is 0.332 e. The number of benzene rings is 1. The van der Waals surface area contributed by atoms with Crippen LogP contribution in [0, 0.1) is 0 Å². The van der Waals surface area contributed by atoms with Crippen LogP contribution < -0.4 is 38.6 Å². The Labute approximate surface area is 211 Å². The molecule has 1 fully saturated rings. The number of piperidine rings is 1. The summed E-state index contributed by atoms with van der Waals surface area (Å²) in [4.78, 5) is 30.9. The minimum atomic E-state index is -0.365. The van der Waals surface area contributed by atoms with Crippen molar-refractivity contribution in [3.8, 4) is 5.75 Å². The maximum Gasteiger partial charge on any atom is 0.332 e. The largest absolute Gasteiger partial charge is 1.00 e. The van der Waals surface area contributed by atoms with Crippen LogP contribution in [0.25, 0.3) is 11.2 Å². The molecule has 3 N–H and O–H groups in total. The lowest BCUT2D eigenvalue weighted by Gasteiger charge is -2.30. The SMILES string of the molecule is CCO.COc1ccc(CC[NH+]2CCC(Nc3nc4c(c(=O)n(C)c(=O)n4C)n3C)CC2)cc1.[Cl-]. The summed E-state index contributed by atoms with van der Waals surface area (Å²) in [6.45, 7) is 5.24. The number of rotatable bonds is 6. The Morgan fingerprint density at radius 3 is 2.26 bits per heavy atom. The van der Waals surface area contributed by atoms with E-state index in [4.69, 9.17) is 9.84 Å². The lowest BCUT2D eigenvalue weighted by molar-refractivity contribution is -0.904. The molecule has 0 amide bonds. The minimum absolute atomic E-state index is 0. The summed E-state index contributed by atoms with van der Waals surface area (Å²) in [5, 5.41) is 11.1. The number of fused-ring (bicyclic) bond motifs is 1. The minimum Gasteiger partial charge on any atom is -1.00 e. The number of imidazole rings is 1. The van der Waals surface area contributed by atoms with Crippen LogP contribution in [0.3, 0.4) is 0 Å². The topological polar surface area (TPSA) is 108 Å². The summed E-state index contributed by atoms with van der Waals surface area (Å²) in [5.41, 5.74) is 1.51. The number of nitrogens with zero attached hydrogens (tertiary/aromatic N) is 4. The number of halogens is 1. The Morgan fingerprint density at radius 1 is 1.09 bits per heavy atom. The fourth-order valence-electron chi connectivity index (χ4n) is 4.36. The number of quaternary nitrogens is 1. The molecule has 1 saturated heterocycles. The number of nitrogens with one attached hydrogen (secondary N) is 2. The highest BCUT2D eigenvalue weighted by atomic mass is 35.5. The molecule has 0 spiro atoms. The molecule has 1 aliphatic rings. The monoisotopic (exact) mass is 508 g/mol. The van der Waals surface area contributed by atoms with Gasteiger partial charge in [-0.05, 0) is 24.6 Å². The summed E-state index contributed by atoms with van der Waals surface area (Å²) < 4.78 is 9.53. The van der Waals surface area contributed by atoms with Crippen molar-refractivity contribution in [1.29, 1.82) is 0 Å². The van der Waals surface area contributed by atoms with Gasteiger partial charge in [0.15, 0.2) is 11.2 Å². The van der Waals surface area contributed by atoms with Gasteiger partial charge in [0.25, 0.3) is 5.56 Å². The second-order valence-electron chi connectivity index (χ2n) is 8.71. The normalized spacial score (nSPS) is 17.3. The van der Waals surface area contributed by atoms with Gasteiger partial charge in [-0.1, -0.05) is 12.1 Å². The predicted octanol–water partition coefficient (Wildman–Crippen LogP) is -3.32. The summed E-state index contributed by atoms with van der Waals surface area (Å²) in [7, 11) is 6.64. The van der Waals surface area contributed by atoms with Gasteiger partial charge in [-0.3, -0.25) is 13.9 Å². The van der Waals surface area contributed by atoms with Crippen molar-refractivity contribution in [3.05, 3.63) is 50.7 Å². The number of methoxy groups -OCH3 is 1. The van der Waals surface area contributed by atoms with Gasteiger partial charge in [-0.2, -0.15) is 4.98 Å². The number of aliphatic hydroxyl groups is 1. The Kier molecular flexibility index (Phi) is 10.4. The quantitative estimate of drug-likeness (QED) is 0.322. The van der Waals surface area contributed by atoms with Crippen LogP contribution in [0.4, 0.5) is 5.95 Å². The predicted molar refractivity (Wildman–Crippen MR) is 133 cm³/mol. The van der Waals surface area contributed by atoms with Crippen molar-refractivity contribution in [2.75, 3.05) is 38.7 Å². The fourth-order valence-corrected chi connectivity index (χ4v) is 4.36. The molecule has 0 unspecified atom stereocenters. The Balaban J connectivity index is 0.00000103. The van der Waals surface area contributed by atoms with Crippen LogP contribution in [0.2, 0.25) is 0 Å². The van der Waals surface area contributed by atoms with Gasteiger partial charge in [0.05, 0.1) is 26.7 Å². The molecule has 11 heteroatoms. The molecule has 3 aromatic rings. The van der Waals surface area contributed by atoms with Gasteiger partial charge >= 0.3 is 5.69 Å². The number of aromatic nitrogens is 4. The summed E-state index contributed by atoms with van der Waals surface area (Å²) >= 11 is 0. The summed E-state index contributed by atoms with van der Waals surface area (Å²) in [5.74, 6) is 1.53. The molecule has 3 heterocycles. The molecular formula is C24H37ClN6O4. The van der Waals surface area contributed by atoms with E-state index in [1.807, 2.05) is 19.2 Å². The Bertz CT molecular complexity index is 1210. The second-order valence-corrected chi connectivity index (χ2v) is 8.71. The number of hydrogen-bond acceptors (Lipinski definition) is 6. The number of likely N-dealkylation sites (tertiary alicyclic amines) is 1. The molecule has 10 nitrogen and oxygen atoms in total. The van der Waals surface area contributed by atoms with Crippen LogP contribution in [-0.2, 0) is 27.6 Å². The third-order valence-corrected chi connectivity index (χ3v) is 6.43. The number of ether oxygens (including phenoxy) is 1. The van der Waals surface area contributed by atoms with Crippen LogP contribution in [0.15, 0.2) is 33.9 Å². The van der Waals surface area contributed by atoms with Crippen molar-refractivity contribution in [3.63, 3.8) is 0 Å². The molecule has 4 rings (SSSR count). The van der Waals surface area contributed by atoms with Crippen LogP contribution >= 0.6 is 0 Å². The standard InChI is InChI=1S/C22H30N6O3.C2H6O.ClH/c1-25-18-19(26(2)22(30)27(3)20(18)29)24-21(25)23-16-10-13-28(14-11-16)12-9-15-5-7-17(31-4)8-6-15;1-2-3;/h5-8,16H,9-14H2,1-4H3,(H,23,24);3H,2H2,1H3;1H. The lowest BCUT2D eigenvalue weighted by Crippen LogP contribution is -3.13. The van der Waals surface area contributed by atoms with E-state index >= 15 is 0 Å². The van der Waals surface area contributed by atoms with Gasteiger partial charge in [0.2, 0.25) is 5.95 Å². The highest BCUT2D eigenvalue weighted by molar-refractivity contribution is 5.74. The zero-order valence-corrected chi connectivity index (χ0v) is 21.9. The first-order valence-electron chi connectivity index (χ1n) is 11.8. The van der Waals surface area contributed by atoms with E-state index in [1.54, 1.807) is 30.5 Å². The Hall–Kier alpha value is -2.82. The van der Waals surface area contributed by atoms with Crippen LogP contribution in [-0.4, -0.2) is 63.2 Å². The average Bonchev–Trinajstić information content (AvgIpc) is 3.17. The lowest BCUT2D eigenvalue weighted by atomic mass is 10.0. The maximum atomic E-state index is 12.5. The van der Waals surface area contributed by atoms with Crippen molar-refractivity contribution < 1.29 is 27.2 Å². The highest BCUT2D eigenvalue weighted by Crippen LogP contribution is 2.16. The van der Waals surface area contributed by atoms with E-state index in [-0.39, 0.29) is 30.3 Å².